The third kappa shape index (κ3) is 6.66. The van der Waals surface area contributed by atoms with Gasteiger partial charge >= 0.3 is 0 Å². The van der Waals surface area contributed by atoms with E-state index in [1.165, 1.54) is 0 Å². The monoisotopic (exact) mass is 319 g/mol. The van der Waals surface area contributed by atoms with Crippen molar-refractivity contribution in [2.24, 2.45) is 5.41 Å². The summed E-state index contributed by atoms with van der Waals surface area (Å²) in [5.74, 6) is 0.256. The van der Waals surface area contributed by atoms with Crippen LogP contribution in [0.15, 0.2) is 0 Å². The molecule has 0 aliphatic carbocycles. The Balaban J connectivity index is 0.00000400. The van der Waals surface area contributed by atoms with Crippen molar-refractivity contribution in [3.63, 3.8) is 0 Å². The van der Waals surface area contributed by atoms with E-state index in [0.717, 1.165) is 25.9 Å². The zero-order valence-electron chi connectivity index (χ0n) is 13.7. The molecule has 1 saturated heterocycles. The minimum Gasteiger partial charge on any atom is -0.356 e. The van der Waals surface area contributed by atoms with Crippen molar-refractivity contribution in [2.45, 2.75) is 52.5 Å². The molecule has 0 bridgehead atoms. The van der Waals surface area contributed by atoms with Gasteiger partial charge in [0.25, 0.3) is 0 Å². The molecule has 1 heterocycles. The third-order valence-corrected chi connectivity index (χ3v) is 3.67. The van der Waals surface area contributed by atoms with Gasteiger partial charge in [0.1, 0.15) is 0 Å². The molecule has 0 aromatic rings. The Morgan fingerprint density at radius 3 is 2.52 bits per heavy atom. The number of hydrogen-bond donors (Lipinski definition) is 2. The Kier molecular flexibility index (Phi) is 8.90. The first kappa shape index (κ1) is 20.2. The van der Waals surface area contributed by atoms with Crippen molar-refractivity contribution >= 4 is 24.2 Å². The Morgan fingerprint density at radius 2 is 1.95 bits per heavy atom. The fourth-order valence-corrected chi connectivity index (χ4v) is 2.46. The highest BCUT2D eigenvalue weighted by Crippen LogP contribution is 2.18. The number of hydrogen-bond acceptors (Lipinski definition) is 3. The van der Waals surface area contributed by atoms with E-state index in [9.17, 15) is 9.59 Å². The summed E-state index contributed by atoms with van der Waals surface area (Å²) in [6, 6.07) is 0.344. The van der Waals surface area contributed by atoms with Crippen molar-refractivity contribution in [1.82, 2.24) is 15.5 Å². The molecule has 0 saturated carbocycles. The fraction of sp³-hybridized carbons (Fsp3) is 0.867. The lowest BCUT2D eigenvalue weighted by Crippen LogP contribution is -2.41. The molecular weight excluding hydrogens is 290 g/mol. The van der Waals surface area contributed by atoms with Crippen LogP contribution in [0.3, 0.4) is 0 Å². The second-order valence-electron chi connectivity index (χ2n) is 6.55. The van der Waals surface area contributed by atoms with E-state index in [4.69, 9.17) is 0 Å². The lowest BCUT2D eigenvalue weighted by molar-refractivity contribution is -0.132. The summed E-state index contributed by atoms with van der Waals surface area (Å²) >= 11 is 0. The van der Waals surface area contributed by atoms with Gasteiger partial charge in [0.2, 0.25) is 11.8 Å². The summed E-state index contributed by atoms with van der Waals surface area (Å²) in [5.41, 5.74) is -0.364. The number of nitrogens with zero attached hydrogens (tertiary/aromatic N) is 1. The first-order chi connectivity index (χ1) is 9.36. The molecule has 5 nitrogen and oxygen atoms in total. The minimum atomic E-state index is -0.364. The van der Waals surface area contributed by atoms with Crippen LogP contribution in [0.1, 0.15) is 46.5 Å². The molecule has 21 heavy (non-hydrogen) atoms. The van der Waals surface area contributed by atoms with Gasteiger partial charge in [-0.05, 0) is 26.3 Å². The van der Waals surface area contributed by atoms with Crippen LogP contribution < -0.4 is 10.6 Å². The number of likely N-dealkylation sites (tertiary alicyclic amines) is 1. The van der Waals surface area contributed by atoms with Crippen molar-refractivity contribution in [1.29, 1.82) is 0 Å². The third-order valence-electron chi connectivity index (χ3n) is 3.67. The zero-order chi connectivity index (χ0) is 15.2. The van der Waals surface area contributed by atoms with Gasteiger partial charge in [-0.2, -0.15) is 0 Å². The molecule has 1 aliphatic heterocycles. The summed E-state index contributed by atoms with van der Waals surface area (Å²) in [6.07, 6.45) is 3.42. The smallest absolute Gasteiger partial charge is 0.225 e. The molecule has 2 N–H and O–H groups in total. The summed E-state index contributed by atoms with van der Waals surface area (Å²) < 4.78 is 0. The van der Waals surface area contributed by atoms with Crippen LogP contribution in [0.5, 0.6) is 0 Å². The van der Waals surface area contributed by atoms with Crippen molar-refractivity contribution in [2.75, 3.05) is 26.7 Å². The van der Waals surface area contributed by atoms with Gasteiger partial charge in [-0.25, -0.2) is 0 Å². The van der Waals surface area contributed by atoms with Crippen LogP contribution in [0.25, 0.3) is 0 Å². The molecule has 0 aromatic heterocycles. The first-order valence-corrected chi connectivity index (χ1v) is 7.58. The summed E-state index contributed by atoms with van der Waals surface area (Å²) in [5, 5.41) is 6.03. The van der Waals surface area contributed by atoms with Gasteiger partial charge in [-0.3, -0.25) is 9.59 Å². The maximum absolute atomic E-state index is 12.2. The maximum Gasteiger partial charge on any atom is 0.225 e. The van der Waals surface area contributed by atoms with E-state index in [0.29, 0.717) is 25.4 Å². The van der Waals surface area contributed by atoms with E-state index < -0.39 is 0 Å². The summed E-state index contributed by atoms with van der Waals surface area (Å²) in [6.45, 7) is 7.98. The molecule has 1 unspecified atom stereocenters. The van der Waals surface area contributed by atoms with Crippen LogP contribution in [0.2, 0.25) is 0 Å². The highest BCUT2D eigenvalue weighted by atomic mass is 35.5. The SMILES string of the molecule is CNCC1CCCN1C(=O)CCCNC(=O)C(C)(C)C.Cl. The fourth-order valence-electron chi connectivity index (χ4n) is 2.46. The van der Waals surface area contributed by atoms with Gasteiger partial charge < -0.3 is 15.5 Å². The van der Waals surface area contributed by atoms with Gasteiger partial charge in [-0.15, -0.1) is 12.4 Å². The number of likely N-dealkylation sites (N-methyl/N-ethyl adjacent to an activating group) is 1. The number of nitrogens with one attached hydrogen (secondary N) is 2. The average molecular weight is 320 g/mol. The Bertz CT molecular complexity index is 342. The molecule has 0 spiro atoms. The largest absolute Gasteiger partial charge is 0.356 e. The van der Waals surface area contributed by atoms with Crippen LogP contribution in [-0.4, -0.2) is 49.4 Å². The summed E-state index contributed by atoms with van der Waals surface area (Å²) in [7, 11) is 1.92. The van der Waals surface area contributed by atoms with Gasteiger partial charge in [-0.1, -0.05) is 20.8 Å². The second kappa shape index (κ2) is 9.26. The zero-order valence-corrected chi connectivity index (χ0v) is 14.5. The highest BCUT2D eigenvalue weighted by Gasteiger charge is 2.27. The Labute approximate surface area is 134 Å². The predicted octanol–water partition coefficient (Wildman–Crippen LogP) is 1.56. The summed E-state index contributed by atoms with van der Waals surface area (Å²) in [4.78, 5) is 25.8. The number of carbonyl (C=O) groups is 2. The van der Waals surface area contributed by atoms with E-state index in [1.54, 1.807) is 0 Å². The van der Waals surface area contributed by atoms with Gasteiger partial charge in [0, 0.05) is 37.5 Å². The van der Waals surface area contributed by atoms with E-state index in [1.807, 2.05) is 32.7 Å². The predicted molar refractivity (Wildman–Crippen MR) is 87.6 cm³/mol. The number of rotatable bonds is 6. The molecular formula is C15H30ClN3O2. The lowest BCUT2D eigenvalue weighted by atomic mass is 9.96. The molecule has 2 amide bonds. The minimum absolute atomic E-state index is 0. The van der Waals surface area contributed by atoms with E-state index in [2.05, 4.69) is 10.6 Å². The average Bonchev–Trinajstić information content (AvgIpc) is 2.81. The van der Waals surface area contributed by atoms with Crippen LogP contribution in [0.4, 0.5) is 0 Å². The number of carbonyl (C=O) groups excluding carboxylic acids is 2. The maximum atomic E-state index is 12.2. The standard InChI is InChI=1S/C15H29N3O2.ClH/c1-15(2,3)14(20)17-9-5-8-13(19)18-10-6-7-12(18)11-16-4;/h12,16H,5-11H2,1-4H3,(H,17,20);1H. The topological polar surface area (TPSA) is 61.4 Å². The molecule has 124 valence electrons. The Hall–Kier alpha value is -0.810. The van der Waals surface area contributed by atoms with E-state index >= 15 is 0 Å². The number of halogens is 1. The normalized spacial score (nSPS) is 18.3. The van der Waals surface area contributed by atoms with Crippen LogP contribution >= 0.6 is 12.4 Å². The van der Waals surface area contributed by atoms with Crippen LogP contribution in [0, 0.1) is 5.41 Å². The lowest BCUT2D eigenvalue weighted by Gasteiger charge is -2.24. The first-order valence-electron chi connectivity index (χ1n) is 7.58. The van der Waals surface area contributed by atoms with Gasteiger partial charge in [0.15, 0.2) is 0 Å². The quantitative estimate of drug-likeness (QED) is 0.730. The van der Waals surface area contributed by atoms with Crippen molar-refractivity contribution < 1.29 is 9.59 Å². The van der Waals surface area contributed by atoms with E-state index in [-0.39, 0.29) is 29.6 Å². The van der Waals surface area contributed by atoms with Crippen molar-refractivity contribution in [3.8, 4) is 0 Å². The molecule has 1 aliphatic rings. The second-order valence-corrected chi connectivity index (χ2v) is 6.55. The molecule has 0 aromatic carbocycles. The molecule has 1 atom stereocenters. The molecule has 6 heteroatoms. The van der Waals surface area contributed by atoms with Crippen LogP contribution in [-0.2, 0) is 9.59 Å². The van der Waals surface area contributed by atoms with Crippen molar-refractivity contribution in [3.05, 3.63) is 0 Å². The molecule has 1 fully saturated rings. The highest BCUT2D eigenvalue weighted by molar-refractivity contribution is 5.85. The Morgan fingerprint density at radius 1 is 1.29 bits per heavy atom. The number of amides is 2. The molecule has 1 rings (SSSR count). The molecule has 0 radical (unpaired) electrons. The van der Waals surface area contributed by atoms with Gasteiger partial charge in [0.05, 0.1) is 0 Å².